The molecule has 10 nitrogen and oxygen atoms in total. The number of rotatable bonds is 33. The summed E-state index contributed by atoms with van der Waals surface area (Å²) in [5, 5.41) is 3.32. The monoisotopic (exact) mass is 924 g/mol. The Morgan fingerprint density at radius 3 is 2.03 bits per heavy atom. The van der Waals surface area contributed by atoms with Gasteiger partial charge in [0.05, 0.1) is 32.0 Å². The molecule has 9 atom stereocenters. The van der Waals surface area contributed by atoms with E-state index in [1.165, 1.54) is 6.07 Å². The Morgan fingerprint density at radius 1 is 0.712 bits per heavy atom. The Kier molecular flexibility index (Phi) is 25.1. The number of carbonyl (C=O) groups excluding carboxylic acids is 1. The van der Waals surface area contributed by atoms with Gasteiger partial charge in [0.15, 0.2) is 12.6 Å². The summed E-state index contributed by atoms with van der Waals surface area (Å²) in [7, 11) is 0. The van der Waals surface area contributed by atoms with Gasteiger partial charge in [-0.05, 0) is 62.6 Å². The van der Waals surface area contributed by atoms with Crippen LogP contribution in [-0.2, 0) is 55.7 Å². The van der Waals surface area contributed by atoms with E-state index in [-0.39, 0.29) is 25.2 Å². The third-order valence-corrected chi connectivity index (χ3v) is 12.4. The number of nitrogens with one attached hydrogen (secondary N) is 1. The van der Waals surface area contributed by atoms with Crippen LogP contribution in [0.2, 0.25) is 0 Å². The lowest BCUT2D eigenvalue weighted by Crippen LogP contribution is -2.64. The molecular weight excluding hydrogens is 845 g/mol. The summed E-state index contributed by atoms with van der Waals surface area (Å²) in [5.41, 5.74) is 2.54. The van der Waals surface area contributed by atoms with E-state index in [0.717, 1.165) is 107 Å². The highest BCUT2D eigenvalue weighted by Crippen LogP contribution is 2.37. The quantitative estimate of drug-likeness (QED) is 0.0598. The van der Waals surface area contributed by atoms with Gasteiger partial charge in [-0.2, -0.15) is 0 Å². The van der Waals surface area contributed by atoms with E-state index in [4.69, 9.17) is 37.9 Å². The molecule has 0 aliphatic carbocycles. The topological polar surface area (TPSA) is 103 Å². The van der Waals surface area contributed by atoms with Gasteiger partial charge in [0.2, 0.25) is 5.91 Å². The van der Waals surface area contributed by atoms with Gasteiger partial charge < -0.3 is 43.2 Å². The summed E-state index contributed by atoms with van der Waals surface area (Å²) >= 11 is 0. The highest BCUT2D eigenvalue weighted by Gasteiger charge is 2.52. The summed E-state index contributed by atoms with van der Waals surface area (Å²) in [6, 6.07) is 23.2. The molecule has 3 aromatic carbocycles. The molecule has 2 fully saturated rings. The van der Waals surface area contributed by atoms with Crippen molar-refractivity contribution in [3.05, 3.63) is 107 Å². The molecule has 3 aromatic rings. The molecule has 0 aromatic heterocycles. The number of hydrogen-bond acceptors (Lipinski definition) is 9. The van der Waals surface area contributed by atoms with Crippen LogP contribution >= 0.6 is 0 Å². The van der Waals surface area contributed by atoms with E-state index in [1.807, 2.05) is 67.6 Å². The Morgan fingerprint density at radius 2 is 1.35 bits per heavy atom. The van der Waals surface area contributed by atoms with Crippen LogP contribution in [0.5, 0.6) is 0 Å². The fourth-order valence-electron chi connectivity index (χ4n) is 8.48. The first-order valence-electron chi connectivity index (χ1n) is 25.1. The van der Waals surface area contributed by atoms with Crippen molar-refractivity contribution in [1.82, 2.24) is 5.32 Å². The normalized spacial score (nSPS) is 22.1. The van der Waals surface area contributed by atoms with Crippen LogP contribution in [0.4, 0.5) is 8.78 Å². The molecule has 5 rings (SSSR count). The minimum absolute atomic E-state index is 0.0711. The van der Waals surface area contributed by atoms with E-state index < -0.39 is 60.8 Å². The minimum atomic E-state index is -0.837. The molecule has 12 heteroatoms. The van der Waals surface area contributed by atoms with Gasteiger partial charge >= 0.3 is 0 Å². The predicted octanol–water partition coefficient (Wildman–Crippen LogP) is 11.5. The number of carbonyl (C=O) groups is 1. The second-order valence-corrected chi connectivity index (χ2v) is 17.9. The van der Waals surface area contributed by atoms with Crippen molar-refractivity contribution in [2.24, 2.45) is 0 Å². The predicted molar refractivity (Wildman–Crippen MR) is 253 cm³/mol. The third-order valence-electron chi connectivity index (χ3n) is 12.4. The van der Waals surface area contributed by atoms with E-state index >= 15 is 0 Å². The minimum Gasteiger partial charge on any atom is -0.373 e. The van der Waals surface area contributed by atoms with Gasteiger partial charge in [0.25, 0.3) is 0 Å². The molecule has 0 saturated carbocycles. The largest absolute Gasteiger partial charge is 0.373 e. The van der Waals surface area contributed by atoms with Crippen LogP contribution < -0.4 is 5.32 Å². The van der Waals surface area contributed by atoms with Crippen molar-refractivity contribution in [3.8, 4) is 0 Å². The van der Waals surface area contributed by atoms with Crippen molar-refractivity contribution in [3.63, 3.8) is 0 Å². The van der Waals surface area contributed by atoms with Crippen LogP contribution in [0.25, 0.3) is 0 Å². The number of halogens is 2. The molecule has 0 radical (unpaired) electrons. The van der Waals surface area contributed by atoms with E-state index in [1.54, 1.807) is 6.07 Å². The molecule has 2 aliphatic heterocycles. The lowest BCUT2D eigenvalue weighted by atomic mass is 9.97. The van der Waals surface area contributed by atoms with Crippen LogP contribution in [0.15, 0.2) is 78.9 Å². The maximum Gasteiger partial charge on any atom is 0.220 e. The van der Waals surface area contributed by atoms with Gasteiger partial charge in [-0.1, -0.05) is 145 Å². The molecule has 368 valence electrons. The average molecular weight is 924 g/mol. The second kappa shape index (κ2) is 30.9. The first kappa shape index (κ1) is 53.6. The van der Waals surface area contributed by atoms with Crippen molar-refractivity contribution >= 4 is 5.91 Å². The number of hydrogen-bond donors (Lipinski definition) is 1. The highest BCUT2D eigenvalue weighted by molar-refractivity contribution is 5.76. The average Bonchev–Trinajstić information content (AvgIpc) is 3.33. The zero-order valence-electron chi connectivity index (χ0n) is 40.2. The summed E-state index contributed by atoms with van der Waals surface area (Å²) in [6.45, 7) is 10.7. The van der Waals surface area contributed by atoms with Crippen LogP contribution in [0.1, 0.15) is 147 Å². The zero-order chi connectivity index (χ0) is 46.8. The first-order chi connectivity index (χ1) is 32.3. The third kappa shape index (κ3) is 18.3. The van der Waals surface area contributed by atoms with Gasteiger partial charge in [-0.3, -0.25) is 4.79 Å². The molecule has 0 bridgehead atoms. The number of amides is 1. The number of fused-ring (bicyclic) bond motifs is 1. The maximum absolute atomic E-state index is 14.0. The molecule has 2 heterocycles. The zero-order valence-corrected chi connectivity index (χ0v) is 40.2. The summed E-state index contributed by atoms with van der Waals surface area (Å²) < 4.78 is 80.0. The highest BCUT2D eigenvalue weighted by atomic mass is 19.1. The number of aryl methyl sites for hydroxylation is 1. The smallest absolute Gasteiger partial charge is 0.220 e. The van der Waals surface area contributed by atoms with Crippen molar-refractivity contribution in [2.75, 3.05) is 33.0 Å². The standard InChI is InChI=1S/C54H79F2NO9/c1-5-8-33-59-49(40(4)62-37-41-25-19-17-20-26-41)46(57-48(58)30-24-16-14-12-11-13-15-21-27-42-31-32-44(55)36-45(42)56)38-63-54-52(61-35-10-7-3)51(60-34-9-6-2)50-47(65-54)39-64-53(66-50)43-28-22-18-23-29-43/h17-20,22-23,25-26,28-29,31-32,36,40,46-47,49-54H,5-16,21,24,27,30,33-35,37-39H2,1-4H3,(H,57,58)/t40-,46+,47?,49-,50+,51?,52?,53?,54+/m1/s1. The fraction of sp³-hybridized carbons (Fsp3) is 0.648. The summed E-state index contributed by atoms with van der Waals surface area (Å²) in [6.07, 6.45) is 9.95. The second-order valence-electron chi connectivity index (χ2n) is 17.9. The van der Waals surface area contributed by atoms with Gasteiger partial charge in [-0.15, -0.1) is 0 Å². The van der Waals surface area contributed by atoms with Crippen molar-refractivity contribution in [1.29, 1.82) is 0 Å². The van der Waals surface area contributed by atoms with E-state index in [9.17, 15) is 13.6 Å². The molecule has 2 saturated heterocycles. The molecule has 2 aliphatic rings. The molecule has 1 amide bonds. The van der Waals surface area contributed by atoms with Gasteiger partial charge in [0, 0.05) is 37.9 Å². The van der Waals surface area contributed by atoms with Gasteiger partial charge in [-0.25, -0.2) is 8.78 Å². The molecule has 1 N–H and O–H groups in total. The SMILES string of the molecule is CCCCOC1C(OCCCC)[C@H]2OC(c3ccccc3)OCC2O[C@@H]1OC[C@H](NC(=O)CCCCCCCCCCc1ccc(F)cc1F)[C@H](OCCCC)[C@@H](C)OCc1ccccc1. The summed E-state index contributed by atoms with van der Waals surface area (Å²) in [5.74, 6) is -1.08. The fourth-order valence-corrected chi connectivity index (χ4v) is 8.48. The van der Waals surface area contributed by atoms with Crippen LogP contribution in [0.3, 0.4) is 0 Å². The molecule has 66 heavy (non-hydrogen) atoms. The number of ether oxygens (including phenoxy) is 8. The van der Waals surface area contributed by atoms with Crippen molar-refractivity contribution in [2.45, 2.75) is 192 Å². The van der Waals surface area contributed by atoms with Crippen LogP contribution in [-0.4, -0.2) is 87.9 Å². The van der Waals surface area contributed by atoms with E-state index in [0.29, 0.717) is 44.8 Å². The molecule has 4 unspecified atom stereocenters. The Hall–Kier alpha value is -3.33. The van der Waals surface area contributed by atoms with Gasteiger partial charge in [0.1, 0.15) is 42.2 Å². The van der Waals surface area contributed by atoms with Crippen LogP contribution in [0, 0.1) is 11.6 Å². The first-order valence-corrected chi connectivity index (χ1v) is 25.1. The molecular formula is C54H79F2NO9. The Bertz CT molecular complexity index is 1740. The Balaban J connectivity index is 1.24. The number of unbranched alkanes of at least 4 members (excludes halogenated alkanes) is 10. The molecule has 0 spiro atoms. The number of benzene rings is 3. The summed E-state index contributed by atoms with van der Waals surface area (Å²) in [4.78, 5) is 13.9. The lowest BCUT2D eigenvalue weighted by molar-refractivity contribution is -0.371. The maximum atomic E-state index is 14.0. The van der Waals surface area contributed by atoms with E-state index in [2.05, 4.69) is 26.1 Å². The van der Waals surface area contributed by atoms with Crippen molar-refractivity contribution < 1.29 is 51.5 Å². The Labute approximate surface area is 394 Å². The lowest BCUT2D eigenvalue weighted by Gasteiger charge is -2.49.